The van der Waals surface area contributed by atoms with Crippen LogP contribution in [0.2, 0.25) is 0 Å². The van der Waals surface area contributed by atoms with Gasteiger partial charge in [-0.1, -0.05) is 37.3 Å². The highest BCUT2D eigenvalue weighted by Crippen LogP contribution is 2.61. The van der Waals surface area contributed by atoms with Gasteiger partial charge in [-0.05, 0) is 73.2 Å². The van der Waals surface area contributed by atoms with Gasteiger partial charge in [0, 0.05) is 13.0 Å². The summed E-state index contributed by atoms with van der Waals surface area (Å²) in [6.45, 7) is 2.78. The topological polar surface area (TPSA) is 58.2 Å². The van der Waals surface area contributed by atoms with Gasteiger partial charge in [-0.15, -0.1) is 0 Å². The minimum atomic E-state index is -0.100. The molecule has 0 aliphatic heterocycles. The van der Waals surface area contributed by atoms with Gasteiger partial charge in [0.1, 0.15) is 0 Å². The molecule has 27 heavy (non-hydrogen) atoms. The van der Waals surface area contributed by atoms with Gasteiger partial charge in [-0.3, -0.25) is 9.59 Å². The number of benzene rings is 1. The smallest absolute Gasteiger partial charge is 0.239 e. The SMILES string of the molecule is C[C@@H](CNC(=O)CNC(=O)CC12CC3CC(CC(C3)C1)C2)c1ccccc1. The van der Waals surface area contributed by atoms with Crippen molar-refractivity contribution in [1.29, 1.82) is 0 Å². The molecule has 4 bridgehead atoms. The Morgan fingerprint density at radius 3 is 2.15 bits per heavy atom. The molecule has 4 fully saturated rings. The Morgan fingerprint density at radius 2 is 1.56 bits per heavy atom. The molecular weight excluding hydrogens is 336 g/mol. The van der Waals surface area contributed by atoms with E-state index in [2.05, 4.69) is 29.7 Å². The van der Waals surface area contributed by atoms with Crippen LogP contribution in [0.25, 0.3) is 0 Å². The zero-order valence-electron chi connectivity index (χ0n) is 16.4. The zero-order valence-corrected chi connectivity index (χ0v) is 16.4. The predicted octanol–water partition coefficient (Wildman–Crippen LogP) is 3.63. The third-order valence-corrected chi connectivity index (χ3v) is 7.12. The van der Waals surface area contributed by atoms with Crippen LogP contribution >= 0.6 is 0 Å². The van der Waals surface area contributed by atoms with Crippen LogP contribution in [0.15, 0.2) is 30.3 Å². The lowest BCUT2D eigenvalue weighted by atomic mass is 9.49. The summed E-state index contributed by atoms with van der Waals surface area (Å²) in [6, 6.07) is 10.2. The molecule has 146 valence electrons. The molecule has 0 saturated heterocycles. The van der Waals surface area contributed by atoms with Crippen molar-refractivity contribution in [3.63, 3.8) is 0 Å². The Labute approximate surface area is 162 Å². The lowest BCUT2D eigenvalue weighted by molar-refractivity contribution is -0.131. The summed E-state index contributed by atoms with van der Waals surface area (Å²) < 4.78 is 0. The zero-order chi connectivity index (χ0) is 18.9. The van der Waals surface area contributed by atoms with Gasteiger partial charge in [0.2, 0.25) is 11.8 Å². The van der Waals surface area contributed by atoms with Crippen molar-refractivity contribution in [2.45, 2.75) is 57.8 Å². The number of carbonyl (C=O) groups is 2. The highest BCUT2D eigenvalue weighted by Gasteiger charge is 2.51. The van der Waals surface area contributed by atoms with Crippen LogP contribution in [0.1, 0.15) is 63.4 Å². The largest absolute Gasteiger partial charge is 0.354 e. The van der Waals surface area contributed by atoms with Gasteiger partial charge in [-0.25, -0.2) is 0 Å². The van der Waals surface area contributed by atoms with E-state index in [0.29, 0.717) is 13.0 Å². The van der Waals surface area contributed by atoms with E-state index in [1.54, 1.807) is 0 Å². The second-order valence-corrected chi connectivity index (χ2v) is 9.49. The lowest BCUT2D eigenvalue weighted by Crippen LogP contribution is -2.48. The molecular formula is C23H32N2O2. The average molecular weight is 369 g/mol. The molecule has 4 aliphatic rings. The summed E-state index contributed by atoms with van der Waals surface area (Å²) in [5.74, 6) is 2.78. The van der Waals surface area contributed by atoms with E-state index in [0.717, 1.165) is 17.8 Å². The van der Waals surface area contributed by atoms with E-state index in [1.165, 1.54) is 44.1 Å². The molecule has 0 heterocycles. The predicted molar refractivity (Wildman–Crippen MR) is 106 cm³/mol. The van der Waals surface area contributed by atoms with Crippen LogP contribution in [-0.4, -0.2) is 24.9 Å². The van der Waals surface area contributed by atoms with Gasteiger partial charge in [-0.2, -0.15) is 0 Å². The first kappa shape index (κ1) is 18.5. The number of rotatable bonds is 7. The monoisotopic (exact) mass is 368 g/mol. The van der Waals surface area contributed by atoms with Crippen LogP contribution in [0.4, 0.5) is 0 Å². The number of hydrogen-bond donors (Lipinski definition) is 2. The lowest BCUT2D eigenvalue weighted by Gasteiger charge is -2.56. The molecule has 1 aromatic carbocycles. The fourth-order valence-corrected chi connectivity index (χ4v) is 6.32. The van der Waals surface area contributed by atoms with E-state index < -0.39 is 0 Å². The molecule has 0 spiro atoms. The third kappa shape index (κ3) is 4.36. The molecule has 1 atom stereocenters. The minimum Gasteiger partial charge on any atom is -0.354 e. The Hall–Kier alpha value is -1.84. The Kier molecular flexibility index (Phi) is 5.25. The van der Waals surface area contributed by atoms with Crippen LogP contribution in [-0.2, 0) is 9.59 Å². The molecule has 2 amide bonds. The maximum absolute atomic E-state index is 12.5. The van der Waals surface area contributed by atoms with E-state index >= 15 is 0 Å². The standard InChI is InChI=1S/C23H32N2O2/c1-16(20-5-3-2-4-6-20)14-24-22(27)15-25-21(26)13-23-10-17-7-18(11-23)9-19(8-17)12-23/h2-6,16-19H,7-15H2,1H3,(H,24,27)(H,25,26)/t16-,17?,18?,19?,23?/m0/s1. The summed E-state index contributed by atoms with van der Waals surface area (Å²) in [6.07, 6.45) is 8.48. The molecule has 4 saturated carbocycles. The van der Waals surface area contributed by atoms with Crippen molar-refractivity contribution in [3.8, 4) is 0 Å². The molecule has 1 aromatic rings. The van der Waals surface area contributed by atoms with E-state index in [9.17, 15) is 9.59 Å². The van der Waals surface area contributed by atoms with Gasteiger partial charge in [0.25, 0.3) is 0 Å². The molecule has 5 rings (SSSR count). The van der Waals surface area contributed by atoms with Gasteiger partial charge >= 0.3 is 0 Å². The highest BCUT2D eigenvalue weighted by molar-refractivity contribution is 5.85. The van der Waals surface area contributed by atoms with Crippen molar-refractivity contribution in [2.75, 3.05) is 13.1 Å². The van der Waals surface area contributed by atoms with Gasteiger partial charge in [0.15, 0.2) is 0 Å². The number of amides is 2. The van der Waals surface area contributed by atoms with Crippen LogP contribution in [0.5, 0.6) is 0 Å². The Balaban J connectivity index is 1.20. The summed E-state index contributed by atoms with van der Waals surface area (Å²) in [5.41, 5.74) is 1.44. The van der Waals surface area contributed by atoms with Crippen LogP contribution in [0.3, 0.4) is 0 Å². The third-order valence-electron chi connectivity index (χ3n) is 7.12. The average Bonchev–Trinajstić information content (AvgIpc) is 2.63. The molecule has 0 radical (unpaired) electrons. The quantitative estimate of drug-likeness (QED) is 0.772. The Morgan fingerprint density at radius 1 is 0.963 bits per heavy atom. The molecule has 0 aromatic heterocycles. The summed E-state index contributed by atoms with van der Waals surface area (Å²) in [7, 11) is 0. The summed E-state index contributed by atoms with van der Waals surface area (Å²) >= 11 is 0. The normalized spacial score (nSPS) is 32.1. The van der Waals surface area contributed by atoms with Crippen molar-refractivity contribution < 1.29 is 9.59 Å². The van der Waals surface area contributed by atoms with E-state index in [1.807, 2.05) is 18.2 Å². The maximum atomic E-state index is 12.5. The summed E-state index contributed by atoms with van der Waals surface area (Å²) in [4.78, 5) is 24.6. The fraction of sp³-hybridized carbons (Fsp3) is 0.652. The fourth-order valence-electron chi connectivity index (χ4n) is 6.32. The van der Waals surface area contributed by atoms with Crippen molar-refractivity contribution in [3.05, 3.63) is 35.9 Å². The van der Waals surface area contributed by atoms with Crippen molar-refractivity contribution in [2.24, 2.45) is 23.2 Å². The first-order chi connectivity index (χ1) is 13.0. The van der Waals surface area contributed by atoms with E-state index in [-0.39, 0.29) is 29.7 Å². The van der Waals surface area contributed by atoms with Gasteiger partial charge < -0.3 is 10.6 Å². The minimum absolute atomic E-state index is 0.0585. The highest BCUT2D eigenvalue weighted by atomic mass is 16.2. The number of carbonyl (C=O) groups excluding carboxylic acids is 2. The molecule has 4 aliphatic carbocycles. The summed E-state index contributed by atoms with van der Waals surface area (Å²) in [5, 5.41) is 5.81. The number of nitrogens with one attached hydrogen (secondary N) is 2. The van der Waals surface area contributed by atoms with E-state index in [4.69, 9.17) is 0 Å². The second-order valence-electron chi connectivity index (χ2n) is 9.49. The maximum Gasteiger partial charge on any atom is 0.239 e. The van der Waals surface area contributed by atoms with Crippen molar-refractivity contribution >= 4 is 11.8 Å². The molecule has 4 nitrogen and oxygen atoms in total. The first-order valence-corrected chi connectivity index (χ1v) is 10.6. The van der Waals surface area contributed by atoms with Gasteiger partial charge in [0.05, 0.1) is 6.54 Å². The number of hydrogen-bond acceptors (Lipinski definition) is 2. The van der Waals surface area contributed by atoms with Crippen LogP contribution in [0, 0.1) is 23.2 Å². The van der Waals surface area contributed by atoms with Crippen molar-refractivity contribution in [1.82, 2.24) is 10.6 Å². The molecule has 0 unspecified atom stereocenters. The molecule has 4 heteroatoms. The molecule has 2 N–H and O–H groups in total. The Bertz CT molecular complexity index is 650. The van der Waals surface area contributed by atoms with Crippen LogP contribution < -0.4 is 10.6 Å². The first-order valence-electron chi connectivity index (χ1n) is 10.6. The second kappa shape index (κ2) is 7.65.